The molecule has 0 unspecified atom stereocenters. The molecule has 2 aromatic rings. The number of benzene rings is 1. The van der Waals surface area contributed by atoms with Crippen molar-refractivity contribution in [2.75, 3.05) is 0 Å². The largest absolute Gasteiger partial charge is 0.310 e. The van der Waals surface area contributed by atoms with Gasteiger partial charge in [-0.1, -0.05) is 26.0 Å². The van der Waals surface area contributed by atoms with Crippen molar-refractivity contribution in [3.8, 4) is 11.1 Å². The summed E-state index contributed by atoms with van der Waals surface area (Å²) in [6.07, 6.45) is 0. The molecule has 0 aliphatic carbocycles. The van der Waals surface area contributed by atoms with E-state index in [0.717, 1.165) is 15.6 Å². The van der Waals surface area contributed by atoms with Crippen LogP contribution in [0.1, 0.15) is 19.4 Å². The molecule has 4 heteroatoms. The van der Waals surface area contributed by atoms with Crippen LogP contribution in [0.5, 0.6) is 0 Å². The molecule has 0 spiro atoms. The molecular weight excluding hydrogens is 313 g/mol. The van der Waals surface area contributed by atoms with E-state index in [2.05, 4.69) is 35.1 Å². The minimum absolute atomic E-state index is 0.169. The fourth-order valence-corrected chi connectivity index (χ4v) is 3.19. The minimum Gasteiger partial charge on any atom is -0.310 e. The average Bonchev–Trinajstić information content (AvgIpc) is 2.73. The van der Waals surface area contributed by atoms with Crippen molar-refractivity contribution in [1.29, 1.82) is 0 Å². The van der Waals surface area contributed by atoms with Crippen LogP contribution in [0.15, 0.2) is 33.4 Å². The first-order chi connectivity index (χ1) is 8.58. The first-order valence-electron chi connectivity index (χ1n) is 5.82. The van der Waals surface area contributed by atoms with Crippen molar-refractivity contribution >= 4 is 27.3 Å². The highest BCUT2D eigenvalue weighted by Gasteiger charge is 2.10. The van der Waals surface area contributed by atoms with Crippen LogP contribution in [0.25, 0.3) is 11.1 Å². The summed E-state index contributed by atoms with van der Waals surface area (Å²) in [6.45, 7) is 4.85. The highest BCUT2D eigenvalue weighted by molar-refractivity contribution is 9.10. The fraction of sp³-hybridized carbons (Fsp3) is 0.286. The van der Waals surface area contributed by atoms with Crippen molar-refractivity contribution < 1.29 is 4.39 Å². The van der Waals surface area contributed by atoms with Crippen LogP contribution in [0, 0.1) is 5.82 Å². The Bertz CT molecular complexity index is 536. The zero-order valence-electron chi connectivity index (χ0n) is 10.3. The molecule has 0 aliphatic heterocycles. The van der Waals surface area contributed by atoms with Gasteiger partial charge in [0.2, 0.25) is 0 Å². The first kappa shape index (κ1) is 13.7. The molecule has 0 bridgehead atoms. The standard InChI is InChI=1S/C14H15BrFNS/c1-9(2)17-6-10-3-4-11(14(16)5-10)12-7-18-8-13(12)15/h3-5,7-9,17H,6H2,1-2H3. The molecule has 1 nitrogen and oxygen atoms in total. The highest BCUT2D eigenvalue weighted by atomic mass is 79.9. The highest BCUT2D eigenvalue weighted by Crippen LogP contribution is 2.33. The summed E-state index contributed by atoms with van der Waals surface area (Å²) in [6, 6.07) is 5.82. The van der Waals surface area contributed by atoms with Crippen molar-refractivity contribution in [1.82, 2.24) is 5.32 Å². The van der Waals surface area contributed by atoms with E-state index in [9.17, 15) is 4.39 Å². The molecule has 2 rings (SSSR count). The van der Waals surface area contributed by atoms with Gasteiger partial charge in [-0.25, -0.2) is 4.39 Å². The number of hydrogen-bond acceptors (Lipinski definition) is 2. The lowest BCUT2D eigenvalue weighted by Gasteiger charge is -2.09. The van der Waals surface area contributed by atoms with Gasteiger partial charge in [-0.05, 0) is 32.9 Å². The van der Waals surface area contributed by atoms with E-state index in [0.29, 0.717) is 18.2 Å². The topological polar surface area (TPSA) is 12.0 Å². The summed E-state index contributed by atoms with van der Waals surface area (Å²) in [5, 5.41) is 7.19. The predicted octanol–water partition coefficient (Wildman–Crippen LogP) is 4.81. The third-order valence-corrected chi connectivity index (χ3v) is 4.36. The summed E-state index contributed by atoms with van der Waals surface area (Å²) in [5.41, 5.74) is 2.54. The van der Waals surface area contributed by atoms with E-state index in [1.54, 1.807) is 17.4 Å². The van der Waals surface area contributed by atoms with Gasteiger partial charge in [-0.3, -0.25) is 0 Å². The van der Waals surface area contributed by atoms with E-state index in [-0.39, 0.29) is 5.82 Å². The van der Waals surface area contributed by atoms with Gasteiger partial charge in [0, 0.05) is 33.6 Å². The lowest BCUT2D eigenvalue weighted by Crippen LogP contribution is -2.21. The smallest absolute Gasteiger partial charge is 0.131 e. The maximum absolute atomic E-state index is 14.1. The predicted molar refractivity (Wildman–Crippen MR) is 79.4 cm³/mol. The van der Waals surface area contributed by atoms with Gasteiger partial charge in [-0.2, -0.15) is 11.3 Å². The zero-order valence-corrected chi connectivity index (χ0v) is 12.7. The molecule has 1 N–H and O–H groups in total. The lowest BCUT2D eigenvalue weighted by molar-refractivity contribution is 0.582. The number of thiophene rings is 1. The van der Waals surface area contributed by atoms with Crippen LogP contribution in [-0.2, 0) is 6.54 Å². The molecule has 1 aromatic heterocycles. The van der Waals surface area contributed by atoms with Crippen LogP contribution < -0.4 is 5.32 Å². The molecule has 96 valence electrons. The Labute approximate surface area is 119 Å². The minimum atomic E-state index is -0.169. The van der Waals surface area contributed by atoms with E-state index >= 15 is 0 Å². The van der Waals surface area contributed by atoms with Crippen molar-refractivity contribution in [2.24, 2.45) is 0 Å². The number of rotatable bonds is 4. The van der Waals surface area contributed by atoms with Gasteiger partial charge in [0.1, 0.15) is 5.82 Å². The lowest BCUT2D eigenvalue weighted by atomic mass is 10.1. The quantitative estimate of drug-likeness (QED) is 0.849. The van der Waals surface area contributed by atoms with E-state index < -0.39 is 0 Å². The molecule has 0 atom stereocenters. The SMILES string of the molecule is CC(C)NCc1ccc(-c2cscc2Br)c(F)c1. The first-order valence-corrected chi connectivity index (χ1v) is 7.55. The average molecular weight is 328 g/mol. The Morgan fingerprint density at radius 2 is 2.06 bits per heavy atom. The summed E-state index contributed by atoms with van der Waals surface area (Å²) in [5.74, 6) is -0.169. The van der Waals surface area contributed by atoms with Gasteiger partial charge in [0.05, 0.1) is 0 Å². The summed E-state index contributed by atoms with van der Waals surface area (Å²) in [7, 11) is 0. The third kappa shape index (κ3) is 3.19. The number of hydrogen-bond donors (Lipinski definition) is 1. The Morgan fingerprint density at radius 1 is 1.28 bits per heavy atom. The van der Waals surface area contributed by atoms with E-state index in [1.807, 2.05) is 22.9 Å². The van der Waals surface area contributed by atoms with Crippen LogP contribution in [0.4, 0.5) is 4.39 Å². The molecule has 0 aliphatic rings. The number of halogens is 2. The van der Waals surface area contributed by atoms with Crippen molar-refractivity contribution in [2.45, 2.75) is 26.4 Å². The number of nitrogens with one attached hydrogen (secondary N) is 1. The van der Waals surface area contributed by atoms with Crippen LogP contribution in [0.3, 0.4) is 0 Å². The molecule has 1 heterocycles. The van der Waals surface area contributed by atoms with E-state index in [4.69, 9.17) is 0 Å². The Kier molecular flexibility index (Phi) is 4.54. The van der Waals surface area contributed by atoms with E-state index in [1.165, 1.54) is 0 Å². The van der Waals surface area contributed by atoms with Crippen LogP contribution in [-0.4, -0.2) is 6.04 Å². The maximum Gasteiger partial charge on any atom is 0.131 e. The summed E-state index contributed by atoms with van der Waals surface area (Å²) >= 11 is 5.00. The molecule has 0 saturated heterocycles. The molecule has 1 aromatic carbocycles. The van der Waals surface area contributed by atoms with Crippen molar-refractivity contribution in [3.63, 3.8) is 0 Å². The monoisotopic (exact) mass is 327 g/mol. The molecule has 0 fully saturated rings. The van der Waals surface area contributed by atoms with Crippen molar-refractivity contribution in [3.05, 3.63) is 44.8 Å². The van der Waals surface area contributed by atoms with Gasteiger partial charge in [0.25, 0.3) is 0 Å². The second-order valence-electron chi connectivity index (χ2n) is 4.48. The van der Waals surface area contributed by atoms with Gasteiger partial charge < -0.3 is 5.32 Å². The Balaban J connectivity index is 2.23. The van der Waals surface area contributed by atoms with Gasteiger partial charge in [-0.15, -0.1) is 0 Å². The zero-order chi connectivity index (χ0) is 13.1. The molecule has 0 saturated carbocycles. The van der Waals surface area contributed by atoms with Crippen LogP contribution in [0.2, 0.25) is 0 Å². The Morgan fingerprint density at radius 3 is 2.61 bits per heavy atom. The molecule has 0 amide bonds. The third-order valence-electron chi connectivity index (χ3n) is 2.65. The molecular formula is C14H15BrFNS. The summed E-state index contributed by atoms with van der Waals surface area (Å²) in [4.78, 5) is 0. The molecule has 18 heavy (non-hydrogen) atoms. The van der Waals surface area contributed by atoms with Gasteiger partial charge >= 0.3 is 0 Å². The fourth-order valence-electron chi connectivity index (χ4n) is 1.68. The molecule has 0 radical (unpaired) electrons. The second-order valence-corrected chi connectivity index (χ2v) is 6.08. The summed E-state index contributed by atoms with van der Waals surface area (Å²) < 4.78 is 15.0. The Hall–Kier alpha value is -0.710. The van der Waals surface area contributed by atoms with Crippen LogP contribution >= 0.6 is 27.3 Å². The maximum atomic E-state index is 14.1. The normalized spacial score (nSPS) is 11.2. The van der Waals surface area contributed by atoms with Gasteiger partial charge in [0.15, 0.2) is 0 Å². The second kappa shape index (κ2) is 5.95.